The Balaban J connectivity index is 1.91. The summed E-state index contributed by atoms with van der Waals surface area (Å²) in [5.41, 5.74) is 2.63. The van der Waals surface area contributed by atoms with Crippen LogP contribution in [0.3, 0.4) is 0 Å². The Morgan fingerprint density at radius 1 is 0.774 bits per heavy atom. The molecule has 2 amide bonds. The first-order valence-electron chi connectivity index (χ1n) is 9.45. The molecule has 0 heterocycles. The van der Waals surface area contributed by atoms with Gasteiger partial charge in [0.2, 0.25) is 0 Å². The van der Waals surface area contributed by atoms with Gasteiger partial charge in [-0.15, -0.1) is 0 Å². The summed E-state index contributed by atoms with van der Waals surface area (Å²) in [7, 11) is 3.88. The Kier molecular flexibility index (Phi) is 7.34. The molecule has 0 aliphatic heterocycles. The molecule has 0 radical (unpaired) electrons. The predicted molar refractivity (Wildman–Crippen MR) is 129 cm³/mol. The monoisotopic (exact) mass is 453 g/mol. The third-order valence-corrected chi connectivity index (χ3v) is 4.84. The second-order valence-electron chi connectivity index (χ2n) is 6.97. The molecule has 0 aliphatic rings. The summed E-state index contributed by atoms with van der Waals surface area (Å²) in [6, 6.07) is 20.9. The second kappa shape index (κ2) is 10.2. The van der Waals surface area contributed by atoms with Crippen LogP contribution in [0.1, 0.15) is 5.56 Å². The number of nitrogens with one attached hydrogen (secondary N) is 2. The van der Waals surface area contributed by atoms with Crippen LogP contribution >= 0.6 is 23.2 Å². The molecule has 2 N–H and O–H groups in total. The zero-order chi connectivity index (χ0) is 22.4. The number of carbonyl (C=O) groups excluding carboxylic acids is 2. The molecule has 3 aromatic rings. The molecule has 0 aliphatic carbocycles. The van der Waals surface area contributed by atoms with E-state index in [9.17, 15) is 9.59 Å². The lowest BCUT2D eigenvalue weighted by Crippen LogP contribution is -2.25. The van der Waals surface area contributed by atoms with Crippen molar-refractivity contribution in [1.29, 1.82) is 0 Å². The highest BCUT2D eigenvalue weighted by atomic mass is 35.5. The van der Waals surface area contributed by atoms with E-state index in [-0.39, 0.29) is 5.57 Å². The van der Waals surface area contributed by atoms with Crippen LogP contribution in [0.5, 0.6) is 0 Å². The lowest BCUT2D eigenvalue weighted by atomic mass is 10.1. The Labute approximate surface area is 191 Å². The van der Waals surface area contributed by atoms with Crippen LogP contribution in [-0.2, 0) is 9.59 Å². The number of benzene rings is 3. The minimum atomic E-state index is -0.557. The van der Waals surface area contributed by atoms with Crippen molar-refractivity contribution in [2.24, 2.45) is 0 Å². The molecule has 0 saturated carbocycles. The molecular formula is C24H21Cl2N3O2. The standard InChI is InChI=1S/C24H21Cl2N3O2/c1-29(2)21-11-9-16(10-12-21)13-22(23(30)27-19-7-3-5-17(25)14-19)24(31)28-20-8-4-6-18(26)15-20/h3-15H,1-2H3,(H,27,30)(H,28,31). The number of halogens is 2. The average Bonchev–Trinajstić information content (AvgIpc) is 2.72. The minimum Gasteiger partial charge on any atom is -0.378 e. The molecule has 3 rings (SSSR count). The van der Waals surface area contributed by atoms with E-state index in [0.717, 1.165) is 5.69 Å². The van der Waals surface area contributed by atoms with Gasteiger partial charge in [-0.1, -0.05) is 47.5 Å². The first-order valence-corrected chi connectivity index (χ1v) is 10.2. The number of rotatable bonds is 6. The number of anilines is 3. The highest BCUT2D eigenvalue weighted by molar-refractivity contribution is 6.32. The van der Waals surface area contributed by atoms with Crippen LogP contribution < -0.4 is 15.5 Å². The van der Waals surface area contributed by atoms with Gasteiger partial charge in [-0.25, -0.2) is 0 Å². The first kappa shape index (κ1) is 22.4. The van der Waals surface area contributed by atoms with Gasteiger partial charge in [-0.3, -0.25) is 9.59 Å². The van der Waals surface area contributed by atoms with Crippen molar-refractivity contribution in [2.45, 2.75) is 0 Å². The molecule has 0 atom stereocenters. The average molecular weight is 454 g/mol. The van der Waals surface area contributed by atoms with Crippen molar-refractivity contribution >= 4 is 58.2 Å². The van der Waals surface area contributed by atoms with Crippen molar-refractivity contribution < 1.29 is 9.59 Å². The topological polar surface area (TPSA) is 61.4 Å². The predicted octanol–water partition coefficient (Wildman–Crippen LogP) is 5.72. The second-order valence-corrected chi connectivity index (χ2v) is 7.85. The molecule has 7 heteroatoms. The Bertz CT molecular complexity index is 1060. The number of hydrogen-bond acceptors (Lipinski definition) is 3. The quantitative estimate of drug-likeness (QED) is 0.285. The van der Waals surface area contributed by atoms with Crippen molar-refractivity contribution in [3.8, 4) is 0 Å². The molecule has 31 heavy (non-hydrogen) atoms. The van der Waals surface area contributed by atoms with E-state index in [1.807, 2.05) is 43.3 Å². The van der Waals surface area contributed by atoms with Crippen molar-refractivity contribution in [2.75, 3.05) is 29.6 Å². The smallest absolute Gasteiger partial charge is 0.261 e. The zero-order valence-electron chi connectivity index (χ0n) is 17.0. The van der Waals surface area contributed by atoms with Gasteiger partial charge in [-0.2, -0.15) is 0 Å². The fourth-order valence-electron chi connectivity index (χ4n) is 2.80. The van der Waals surface area contributed by atoms with E-state index in [1.54, 1.807) is 54.6 Å². The maximum atomic E-state index is 13.0. The normalized spacial score (nSPS) is 10.2. The lowest BCUT2D eigenvalue weighted by molar-refractivity contribution is -0.118. The van der Waals surface area contributed by atoms with Gasteiger partial charge in [0.1, 0.15) is 5.57 Å². The molecule has 3 aromatic carbocycles. The minimum absolute atomic E-state index is 0.0578. The third kappa shape index (κ3) is 6.35. The molecule has 0 bridgehead atoms. The van der Waals surface area contributed by atoms with Crippen LogP contribution in [0.15, 0.2) is 78.4 Å². The third-order valence-electron chi connectivity index (χ3n) is 4.37. The van der Waals surface area contributed by atoms with E-state index in [0.29, 0.717) is 27.0 Å². The molecule has 0 unspecified atom stereocenters. The SMILES string of the molecule is CN(C)c1ccc(C=C(C(=O)Nc2cccc(Cl)c2)C(=O)Nc2cccc(Cl)c2)cc1. The maximum absolute atomic E-state index is 13.0. The first-order chi connectivity index (χ1) is 14.8. The largest absolute Gasteiger partial charge is 0.378 e. The van der Waals surface area contributed by atoms with E-state index in [4.69, 9.17) is 23.2 Å². The molecule has 158 valence electrons. The summed E-state index contributed by atoms with van der Waals surface area (Å²) >= 11 is 12.0. The van der Waals surface area contributed by atoms with Gasteiger partial charge in [0.15, 0.2) is 0 Å². The summed E-state index contributed by atoms with van der Waals surface area (Å²) < 4.78 is 0. The van der Waals surface area contributed by atoms with Gasteiger partial charge in [0.25, 0.3) is 11.8 Å². The van der Waals surface area contributed by atoms with Gasteiger partial charge < -0.3 is 15.5 Å². The summed E-state index contributed by atoms with van der Waals surface area (Å²) in [5.74, 6) is -1.11. The fraction of sp³-hybridized carbons (Fsp3) is 0.0833. The number of nitrogens with zero attached hydrogens (tertiary/aromatic N) is 1. The van der Waals surface area contributed by atoms with Crippen LogP contribution in [0, 0.1) is 0 Å². The summed E-state index contributed by atoms with van der Waals surface area (Å²) in [6.07, 6.45) is 1.54. The lowest BCUT2D eigenvalue weighted by Gasteiger charge is -2.13. The number of hydrogen-bond donors (Lipinski definition) is 2. The molecule has 0 aromatic heterocycles. The van der Waals surface area contributed by atoms with Crippen LogP contribution in [0.25, 0.3) is 6.08 Å². The molecule has 0 spiro atoms. The Morgan fingerprint density at radius 2 is 1.26 bits per heavy atom. The van der Waals surface area contributed by atoms with Crippen LogP contribution in [0.4, 0.5) is 17.1 Å². The molecule has 0 fully saturated rings. The van der Waals surface area contributed by atoms with Crippen molar-refractivity contribution in [3.63, 3.8) is 0 Å². The Morgan fingerprint density at radius 3 is 1.68 bits per heavy atom. The molecule has 0 saturated heterocycles. The van der Waals surface area contributed by atoms with Crippen molar-refractivity contribution in [1.82, 2.24) is 0 Å². The van der Waals surface area contributed by atoms with E-state index in [2.05, 4.69) is 10.6 Å². The zero-order valence-corrected chi connectivity index (χ0v) is 18.5. The summed E-state index contributed by atoms with van der Waals surface area (Å²) in [6.45, 7) is 0. The number of carbonyl (C=O) groups is 2. The molecule has 5 nitrogen and oxygen atoms in total. The van der Waals surface area contributed by atoms with Gasteiger partial charge >= 0.3 is 0 Å². The maximum Gasteiger partial charge on any atom is 0.261 e. The van der Waals surface area contributed by atoms with Gasteiger partial charge in [-0.05, 0) is 60.2 Å². The number of amides is 2. The summed E-state index contributed by atoms with van der Waals surface area (Å²) in [4.78, 5) is 27.9. The fourth-order valence-corrected chi connectivity index (χ4v) is 3.18. The Hall–Kier alpha value is -3.28. The van der Waals surface area contributed by atoms with E-state index < -0.39 is 11.8 Å². The van der Waals surface area contributed by atoms with Crippen LogP contribution in [0.2, 0.25) is 10.0 Å². The van der Waals surface area contributed by atoms with E-state index >= 15 is 0 Å². The van der Waals surface area contributed by atoms with Crippen molar-refractivity contribution in [3.05, 3.63) is 94.0 Å². The highest BCUT2D eigenvalue weighted by Crippen LogP contribution is 2.20. The van der Waals surface area contributed by atoms with Crippen LogP contribution in [-0.4, -0.2) is 25.9 Å². The van der Waals surface area contributed by atoms with E-state index in [1.165, 1.54) is 0 Å². The highest BCUT2D eigenvalue weighted by Gasteiger charge is 2.19. The van der Waals surface area contributed by atoms with Gasteiger partial charge in [0.05, 0.1) is 0 Å². The summed E-state index contributed by atoms with van der Waals surface area (Å²) in [5, 5.41) is 6.40. The van der Waals surface area contributed by atoms with Gasteiger partial charge in [0, 0.05) is 41.2 Å². The molecular weight excluding hydrogens is 433 g/mol.